The van der Waals surface area contributed by atoms with Gasteiger partial charge in [-0.05, 0) is 18.1 Å². The molecule has 0 bridgehead atoms. The standard InChI is InChI=1S/C15H23N5O3/c1-10(2)13(19-15(16)22)14(21)18-11-3-4-12(17-9-11)20-5-7-23-8-6-20/h3-4,9-10,13H,5-8H2,1-2H3,(H,18,21)(H3,16,19,22). The monoisotopic (exact) mass is 321 g/mol. The van der Waals surface area contributed by atoms with Gasteiger partial charge in [0.2, 0.25) is 5.91 Å². The van der Waals surface area contributed by atoms with Crippen LogP contribution in [-0.2, 0) is 9.53 Å². The first kappa shape index (κ1) is 17.0. The number of primary amides is 1. The lowest BCUT2D eigenvalue weighted by Crippen LogP contribution is -2.49. The zero-order valence-corrected chi connectivity index (χ0v) is 13.4. The molecule has 0 radical (unpaired) electrons. The van der Waals surface area contributed by atoms with Crippen molar-refractivity contribution in [2.75, 3.05) is 36.5 Å². The fraction of sp³-hybridized carbons (Fsp3) is 0.533. The first-order valence-corrected chi connectivity index (χ1v) is 7.63. The first-order valence-electron chi connectivity index (χ1n) is 7.63. The molecule has 8 nitrogen and oxygen atoms in total. The molecule has 8 heteroatoms. The van der Waals surface area contributed by atoms with Crippen molar-refractivity contribution in [1.82, 2.24) is 10.3 Å². The number of aromatic nitrogens is 1. The van der Waals surface area contributed by atoms with Crippen LogP contribution in [0.4, 0.5) is 16.3 Å². The van der Waals surface area contributed by atoms with E-state index in [2.05, 4.69) is 20.5 Å². The molecule has 1 fully saturated rings. The maximum absolute atomic E-state index is 12.2. The summed E-state index contributed by atoms with van der Waals surface area (Å²) in [5.41, 5.74) is 5.68. The number of amides is 3. The number of rotatable bonds is 5. The molecule has 1 unspecified atom stereocenters. The minimum absolute atomic E-state index is 0.0805. The second-order valence-corrected chi connectivity index (χ2v) is 5.72. The zero-order valence-electron chi connectivity index (χ0n) is 13.4. The number of hydrogen-bond donors (Lipinski definition) is 3. The Morgan fingerprint density at radius 2 is 2.00 bits per heavy atom. The Hall–Kier alpha value is -2.35. The third-order valence-corrected chi connectivity index (χ3v) is 3.60. The molecule has 2 heterocycles. The first-order chi connectivity index (χ1) is 11.0. The molecule has 0 spiro atoms. The minimum atomic E-state index is -0.723. The van der Waals surface area contributed by atoms with Gasteiger partial charge in [0.15, 0.2) is 0 Å². The Morgan fingerprint density at radius 1 is 1.30 bits per heavy atom. The Labute approximate surface area is 135 Å². The third-order valence-electron chi connectivity index (χ3n) is 3.60. The van der Waals surface area contributed by atoms with E-state index < -0.39 is 12.1 Å². The van der Waals surface area contributed by atoms with Crippen LogP contribution in [-0.4, -0.2) is 49.3 Å². The van der Waals surface area contributed by atoms with Gasteiger partial charge in [0, 0.05) is 13.1 Å². The zero-order chi connectivity index (χ0) is 16.8. The highest BCUT2D eigenvalue weighted by Crippen LogP contribution is 2.16. The van der Waals surface area contributed by atoms with Gasteiger partial charge in [0.1, 0.15) is 11.9 Å². The maximum atomic E-state index is 12.2. The molecule has 4 N–H and O–H groups in total. The van der Waals surface area contributed by atoms with Crippen LogP contribution in [0.15, 0.2) is 18.3 Å². The van der Waals surface area contributed by atoms with Crippen LogP contribution < -0.4 is 21.3 Å². The summed E-state index contributed by atoms with van der Waals surface area (Å²) in [6, 6.07) is 2.23. The fourth-order valence-corrected chi connectivity index (χ4v) is 2.35. The lowest BCUT2D eigenvalue weighted by atomic mass is 10.0. The third kappa shape index (κ3) is 4.82. The molecule has 1 aromatic rings. The summed E-state index contributed by atoms with van der Waals surface area (Å²) < 4.78 is 5.31. The molecular formula is C15H23N5O3. The van der Waals surface area contributed by atoms with E-state index in [0.29, 0.717) is 18.9 Å². The number of carbonyl (C=O) groups is 2. The van der Waals surface area contributed by atoms with Crippen LogP contribution in [0.1, 0.15) is 13.8 Å². The van der Waals surface area contributed by atoms with Crippen LogP contribution in [0.3, 0.4) is 0 Å². The largest absolute Gasteiger partial charge is 0.378 e. The smallest absolute Gasteiger partial charge is 0.312 e. The summed E-state index contributed by atoms with van der Waals surface area (Å²) in [4.78, 5) is 29.7. The number of morpholine rings is 1. The molecule has 1 atom stereocenters. The van der Waals surface area contributed by atoms with Crippen LogP contribution in [0.5, 0.6) is 0 Å². The second-order valence-electron chi connectivity index (χ2n) is 5.72. The molecule has 1 aromatic heterocycles. The summed E-state index contributed by atoms with van der Waals surface area (Å²) in [5, 5.41) is 5.19. The van der Waals surface area contributed by atoms with Crippen molar-refractivity contribution in [2.24, 2.45) is 11.7 Å². The Balaban J connectivity index is 1.98. The van der Waals surface area contributed by atoms with E-state index in [4.69, 9.17) is 10.5 Å². The summed E-state index contributed by atoms with van der Waals surface area (Å²) in [5.74, 6) is 0.449. The lowest BCUT2D eigenvalue weighted by molar-refractivity contribution is -0.118. The number of hydrogen-bond acceptors (Lipinski definition) is 5. The van der Waals surface area contributed by atoms with E-state index in [-0.39, 0.29) is 11.8 Å². The summed E-state index contributed by atoms with van der Waals surface area (Å²) in [6.07, 6.45) is 1.60. The van der Waals surface area contributed by atoms with Gasteiger partial charge in [-0.25, -0.2) is 9.78 Å². The van der Waals surface area contributed by atoms with Gasteiger partial charge in [0.05, 0.1) is 25.1 Å². The summed E-state index contributed by atoms with van der Waals surface area (Å²) >= 11 is 0. The average molecular weight is 321 g/mol. The molecule has 0 saturated carbocycles. The van der Waals surface area contributed by atoms with Gasteiger partial charge in [0.25, 0.3) is 0 Å². The highest BCUT2D eigenvalue weighted by Gasteiger charge is 2.23. The predicted molar refractivity (Wildman–Crippen MR) is 87.2 cm³/mol. The molecule has 23 heavy (non-hydrogen) atoms. The fourth-order valence-electron chi connectivity index (χ4n) is 2.35. The Morgan fingerprint density at radius 3 is 2.52 bits per heavy atom. The molecule has 1 aliphatic rings. The van der Waals surface area contributed by atoms with Gasteiger partial charge in [-0.1, -0.05) is 13.8 Å². The van der Waals surface area contributed by atoms with Crippen molar-refractivity contribution < 1.29 is 14.3 Å². The van der Waals surface area contributed by atoms with Crippen molar-refractivity contribution >= 4 is 23.4 Å². The van der Waals surface area contributed by atoms with E-state index in [0.717, 1.165) is 18.9 Å². The summed E-state index contributed by atoms with van der Waals surface area (Å²) in [6.45, 7) is 6.65. The topological polar surface area (TPSA) is 110 Å². The SMILES string of the molecule is CC(C)C(NC(N)=O)C(=O)Nc1ccc(N2CCOCC2)nc1. The van der Waals surface area contributed by atoms with Crippen molar-refractivity contribution in [3.63, 3.8) is 0 Å². The molecule has 1 aliphatic heterocycles. The Bertz CT molecular complexity index is 541. The maximum Gasteiger partial charge on any atom is 0.312 e. The number of urea groups is 1. The van der Waals surface area contributed by atoms with E-state index in [9.17, 15) is 9.59 Å². The number of nitrogens with one attached hydrogen (secondary N) is 2. The number of nitrogens with two attached hydrogens (primary N) is 1. The van der Waals surface area contributed by atoms with Crippen molar-refractivity contribution in [3.05, 3.63) is 18.3 Å². The highest BCUT2D eigenvalue weighted by atomic mass is 16.5. The van der Waals surface area contributed by atoms with E-state index in [1.165, 1.54) is 0 Å². The number of pyridine rings is 1. The number of nitrogens with zero attached hydrogens (tertiary/aromatic N) is 2. The predicted octanol–water partition coefficient (Wildman–Crippen LogP) is 0.550. The van der Waals surface area contributed by atoms with Crippen LogP contribution >= 0.6 is 0 Å². The number of carbonyl (C=O) groups excluding carboxylic acids is 2. The van der Waals surface area contributed by atoms with Gasteiger partial charge in [-0.3, -0.25) is 4.79 Å². The van der Waals surface area contributed by atoms with E-state index >= 15 is 0 Å². The summed E-state index contributed by atoms with van der Waals surface area (Å²) in [7, 11) is 0. The molecule has 1 saturated heterocycles. The van der Waals surface area contributed by atoms with Crippen LogP contribution in [0, 0.1) is 5.92 Å². The van der Waals surface area contributed by atoms with Crippen LogP contribution in [0.2, 0.25) is 0 Å². The second kappa shape index (κ2) is 7.77. The van der Waals surface area contributed by atoms with Crippen molar-refractivity contribution in [2.45, 2.75) is 19.9 Å². The molecular weight excluding hydrogens is 298 g/mol. The average Bonchev–Trinajstić information content (AvgIpc) is 2.53. The van der Waals surface area contributed by atoms with Crippen molar-refractivity contribution in [1.29, 1.82) is 0 Å². The van der Waals surface area contributed by atoms with Gasteiger partial charge in [-0.15, -0.1) is 0 Å². The molecule has 0 aliphatic carbocycles. The molecule has 2 rings (SSSR count). The van der Waals surface area contributed by atoms with Gasteiger partial charge in [-0.2, -0.15) is 0 Å². The molecule has 126 valence electrons. The lowest BCUT2D eigenvalue weighted by Gasteiger charge is -2.27. The quantitative estimate of drug-likeness (QED) is 0.733. The Kier molecular flexibility index (Phi) is 5.75. The van der Waals surface area contributed by atoms with E-state index in [1.54, 1.807) is 12.3 Å². The molecule has 0 aromatic carbocycles. The number of anilines is 2. The van der Waals surface area contributed by atoms with Crippen LogP contribution in [0.25, 0.3) is 0 Å². The van der Waals surface area contributed by atoms with Crippen molar-refractivity contribution in [3.8, 4) is 0 Å². The normalized spacial score (nSPS) is 16.0. The number of ether oxygens (including phenoxy) is 1. The van der Waals surface area contributed by atoms with E-state index in [1.807, 2.05) is 19.9 Å². The highest BCUT2D eigenvalue weighted by molar-refractivity contribution is 5.97. The molecule has 3 amide bonds. The van der Waals surface area contributed by atoms with Gasteiger partial charge >= 0.3 is 6.03 Å². The van der Waals surface area contributed by atoms with Gasteiger partial charge < -0.3 is 26.0 Å². The minimum Gasteiger partial charge on any atom is -0.378 e.